The molecule has 3 heterocycles. The monoisotopic (exact) mass is 655 g/mol. The summed E-state index contributed by atoms with van der Waals surface area (Å²) in [4.78, 5) is 58.3. The molecule has 46 heavy (non-hydrogen) atoms. The molecule has 2 aliphatic heterocycles. The largest absolute Gasteiger partial charge is 0.508 e. The molecule has 1 saturated heterocycles. The number of amides is 3. The minimum Gasteiger partial charge on any atom is -0.508 e. The van der Waals surface area contributed by atoms with Crippen molar-refractivity contribution in [2.75, 3.05) is 23.9 Å². The third kappa shape index (κ3) is 4.61. The number of aromatic hydroxyl groups is 1. The number of anilines is 2. The lowest BCUT2D eigenvalue weighted by molar-refractivity contribution is -0.123. The summed E-state index contributed by atoms with van der Waals surface area (Å²) >= 11 is 2.84. The Hall–Kier alpha value is -4.55. The van der Waals surface area contributed by atoms with Crippen LogP contribution in [0.3, 0.4) is 0 Å². The number of carbonyl (C=O) groups excluding carboxylic acids is 3. The highest BCUT2D eigenvalue weighted by atomic mass is 32.2. The number of nitrogens with zero attached hydrogens (tertiary/aromatic N) is 1. The quantitative estimate of drug-likeness (QED) is 0.190. The van der Waals surface area contributed by atoms with E-state index in [4.69, 9.17) is 9.47 Å². The molecule has 10 nitrogen and oxygen atoms in total. The van der Waals surface area contributed by atoms with E-state index in [1.807, 2.05) is 18.2 Å². The van der Waals surface area contributed by atoms with Crippen LogP contribution in [-0.4, -0.2) is 46.8 Å². The predicted molar refractivity (Wildman–Crippen MR) is 173 cm³/mol. The van der Waals surface area contributed by atoms with Crippen molar-refractivity contribution in [2.24, 2.45) is 29.6 Å². The summed E-state index contributed by atoms with van der Waals surface area (Å²) in [7, 11) is 1.57. The van der Waals surface area contributed by atoms with E-state index in [0.29, 0.717) is 22.9 Å². The molecule has 0 radical (unpaired) electrons. The standard InChI is InChI=1S/C34H29N3O7S2/c1-43-20-11-7-18(8-12-20)37-32(40)27-22-14-23(28(27)33(37)41)29-26(22)25(30-31(45-29)36-34(42)46-30)16-3-2-4-21(13-16)44-15-24(39)35-17-5-9-19(38)10-6-17/h2-13,22-23,25-29,38H,14-15H2,1H3,(H,35,39)(H,36,42)/t22-,23-,25-,26?,27?,28?,29?/m1/s1. The summed E-state index contributed by atoms with van der Waals surface area (Å²) in [5.74, 6) is -0.329. The molecule has 12 heteroatoms. The van der Waals surface area contributed by atoms with Crippen LogP contribution < -0.4 is 24.6 Å². The third-order valence-electron chi connectivity index (χ3n) is 9.79. The van der Waals surface area contributed by atoms with Crippen molar-refractivity contribution in [3.8, 4) is 17.2 Å². The normalized spacial score (nSPS) is 27.2. The average molecular weight is 656 g/mol. The van der Waals surface area contributed by atoms with Crippen LogP contribution >= 0.6 is 23.1 Å². The molecule has 4 aliphatic rings. The van der Waals surface area contributed by atoms with E-state index >= 15 is 0 Å². The third-order valence-corrected chi connectivity index (χ3v) is 12.4. The van der Waals surface area contributed by atoms with E-state index < -0.39 is 5.92 Å². The number of thiazole rings is 1. The zero-order chi connectivity index (χ0) is 31.7. The van der Waals surface area contributed by atoms with Gasteiger partial charge in [-0.15, -0.1) is 11.8 Å². The number of fused-ring (bicyclic) bond motifs is 9. The van der Waals surface area contributed by atoms with Crippen LogP contribution in [0, 0.1) is 29.6 Å². The van der Waals surface area contributed by atoms with Gasteiger partial charge >= 0.3 is 4.87 Å². The molecule has 3 fully saturated rings. The highest BCUT2D eigenvalue weighted by Crippen LogP contribution is 2.68. The average Bonchev–Trinajstić information content (AvgIpc) is 3.80. The molecule has 2 aliphatic carbocycles. The van der Waals surface area contributed by atoms with Crippen molar-refractivity contribution in [3.05, 3.63) is 92.9 Å². The van der Waals surface area contributed by atoms with Gasteiger partial charge in [0.1, 0.15) is 17.2 Å². The number of aromatic nitrogens is 1. The molecule has 234 valence electrons. The van der Waals surface area contributed by atoms with Gasteiger partial charge in [0, 0.05) is 21.7 Å². The number of hydrogen-bond donors (Lipinski definition) is 3. The van der Waals surface area contributed by atoms with Gasteiger partial charge in [-0.3, -0.25) is 24.1 Å². The molecule has 2 bridgehead atoms. The Morgan fingerprint density at radius 1 is 0.978 bits per heavy atom. The summed E-state index contributed by atoms with van der Waals surface area (Å²) in [6.45, 7) is -0.216. The van der Waals surface area contributed by atoms with E-state index in [2.05, 4.69) is 10.3 Å². The Kier molecular flexibility index (Phi) is 6.95. The number of phenolic OH excluding ortho intramolecular Hbond substituents is 1. The zero-order valence-corrected chi connectivity index (χ0v) is 26.2. The number of aromatic amines is 1. The zero-order valence-electron chi connectivity index (χ0n) is 24.5. The Bertz CT molecular complexity index is 1920. The fraction of sp³-hybridized carbons (Fsp3) is 0.294. The van der Waals surface area contributed by atoms with Gasteiger partial charge in [-0.2, -0.15) is 0 Å². The molecule has 3 aromatic carbocycles. The van der Waals surface area contributed by atoms with Crippen molar-refractivity contribution < 1.29 is 29.0 Å². The summed E-state index contributed by atoms with van der Waals surface area (Å²) < 4.78 is 11.2. The molecule has 8 rings (SSSR count). The minimum atomic E-state index is -0.413. The van der Waals surface area contributed by atoms with Crippen molar-refractivity contribution in [3.63, 3.8) is 0 Å². The number of methoxy groups -OCH3 is 1. The van der Waals surface area contributed by atoms with Crippen LogP contribution in [0.1, 0.15) is 22.8 Å². The summed E-state index contributed by atoms with van der Waals surface area (Å²) in [5, 5.41) is 13.1. The first kappa shape index (κ1) is 28.9. The number of phenols is 1. The van der Waals surface area contributed by atoms with Gasteiger partial charge in [0.2, 0.25) is 11.8 Å². The van der Waals surface area contributed by atoms with Crippen LogP contribution in [0.25, 0.3) is 0 Å². The number of benzene rings is 3. The molecule has 7 atom stereocenters. The fourth-order valence-corrected chi connectivity index (χ4v) is 11.0. The smallest absolute Gasteiger partial charge is 0.305 e. The van der Waals surface area contributed by atoms with Gasteiger partial charge in [-0.05, 0) is 90.4 Å². The Morgan fingerprint density at radius 2 is 1.72 bits per heavy atom. The molecule has 4 aromatic rings. The first-order chi connectivity index (χ1) is 22.3. The number of H-pyrrole nitrogens is 1. The van der Waals surface area contributed by atoms with Crippen molar-refractivity contribution in [2.45, 2.75) is 22.6 Å². The van der Waals surface area contributed by atoms with Gasteiger partial charge in [-0.25, -0.2) is 0 Å². The second-order valence-electron chi connectivity index (χ2n) is 12.1. The Labute approximate surface area is 271 Å². The van der Waals surface area contributed by atoms with Crippen molar-refractivity contribution >= 4 is 52.2 Å². The van der Waals surface area contributed by atoms with Gasteiger partial charge in [0.15, 0.2) is 6.61 Å². The molecular weight excluding hydrogens is 627 g/mol. The number of nitrogens with one attached hydrogen (secondary N) is 2. The number of imide groups is 1. The van der Waals surface area contributed by atoms with Gasteiger partial charge in [0.25, 0.3) is 5.91 Å². The maximum Gasteiger partial charge on any atom is 0.305 e. The summed E-state index contributed by atoms with van der Waals surface area (Å²) in [6.07, 6.45) is 0.787. The van der Waals surface area contributed by atoms with Gasteiger partial charge in [-0.1, -0.05) is 23.5 Å². The fourth-order valence-electron chi connectivity index (χ4n) is 8.06. The van der Waals surface area contributed by atoms with Crippen molar-refractivity contribution in [1.29, 1.82) is 0 Å². The molecule has 3 N–H and O–H groups in total. The summed E-state index contributed by atoms with van der Waals surface area (Å²) in [5.41, 5.74) is 2.04. The highest BCUT2D eigenvalue weighted by molar-refractivity contribution is 8.00. The van der Waals surface area contributed by atoms with Gasteiger partial charge < -0.3 is 24.9 Å². The number of thioether (sulfide) groups is 1. The Balaban J connectivity index is 1.08. The maximum absolute atomic E-state index is 14.0. The van der Waals surface area contributed by atoms with E-state index in [9.17, 15) is 24.3 Å². The molecule has 3 amide bonds. The van der Waals surface area contributed by atoms with Crippen LogP contribution in [0.4, 0.5) is 11.4 Å². The lowest BCUT2D eigenvalue weighted by Crippen LogP contribution is -2.42. The molecule has 4 unspecified atom stereocenters. The molecular formula is C34H29N3O7S2. The first-order valence-electron chi connectivity index (χ1n) is 15.0. The van der Waals surface area contributed by atoms with E-state index in [0.717, 1.165) is 21.9 Å². The topological polar surface area (TPSA) is 138 Å². The minimum absolute atomic E-state index is 0.00628. The number of ether oxygens (including phenoxy) is 2. The second-order valence-corrected chi connectivity index (χ2v) is 14.3. The second kappa shape index (κ2) is 11.1. The van der Waals surface area contributed by atoms with Gasteiger partial charge in [0.05, 0.1) is 29.7 Å². The number of rotatable bonds is 7. The predicted octanol–water partition coefficient (Wildman–Crippen LogP) is 4.85. The lowest BCUT2D eigenvalue weighted by Gasteiger charge is -2.43. The lowest BCUT2D eigenvalue weighted by atomic mass is 9.68. The van der Waals surface area contributed by atoms with Crippen molar-refractivity contribution in [1.82, 2.24) is 4.98 Å². The SMILES string of the molecule is COc1ccc(N2C(=O)C3C(C2=O)[C@@H]2C[C@H]3C3Sc4[nH]c(=O)sc4[C@H](c4cccc(OCC(=O)Nc5ccc(O)cc5)c4)C32)cc1. The summed E-state index contributed by atoms with van der Waals surface area (Å²) in [6, 6.07) is 20.8. The number of hydrogen-bond acceptors (Lipinski definition) is 9. The number of carbonyl (C=O) groups is 3. The highest BCUT2D eigenvalue weighted by Gasteiger charge is 2.69. The van der Waals surface area contributed by atoms with E-state index in [1.165, 1.54) is 28.4 Å². The molecule has 0 spiro atoms. The van der Waals surface area contributed by atoms with Crippen LogP contribution in [0.2, 0.25) is 0 Å². The van der Waals surface area contributed by atoms with Crippen LogP contribution in [0.15, 0.2) is 82.6 Å². The van der Waals surface area contributed by atoms with Crippen LogP contribution in [0.5, 0.6) is 17.2 Å². The Morgan fingerprint density at radius 3 is 2.46 bits per heavy atom. The maximum atomic E-state index is 14.0. The first-order valence-corrected chi connectivity index (χ1v) is 16.7. The molecule has 1 aromatic heterocycles. The molecule has 2 saturated carbocycles. The van der Waals surface area contributed by atoms with E-state index in [1.54, 1.807) is 61.3 Å². The van der Waals surface area contributed by atoms with Crippen LogP contribution in [-0.2, 0) is 14.4 Å². The van der Waals surface area contributed by atoms with E-state index in [-0.39, 0.29) is 69.8 Å².